The fourth-order valence-electron chi connectivity index (χ4n) is 1.83. The summed E-state index contributed by atoms with van der Waals surface area (Å²) in [5, 5.41) is 20.0. The largest absolute Gasteiger partial charge is 0.507 e. The van der Waals surface area contributed by atoms with E-state index in [1.165, 1.54) is 11.8 Å². The molecular formula is C16H18O2S. The summed E-state index contributed by atoms with van der Waals surface area (Å²) < 4.78 is 0. The predicted octanol–water partition coefficient (Wildman–Crippen LogP) is 4.48. The SMILES string of the molecule is Cc1cc(O)c(Sc2cc(C)c(C)cc2O)cc1C. The molecule has 0 aliphatic heterocycles. The molecule has 2 rings (SSSR count). The first-order valence-corrected chi connectivity index (χ1v) is 6.98. The van der Waals surface area contributed by atoms with E-state index >= 15 is 0 Å². The third kappa shape index (κ3) is 2.87. The number of rotatable bonds is 2. The first-order valence-electron chi connectivity index (χ1n) is 6.16. The van der Waals surface area contributed by atoms with Gasteiger partial charge in [-0.3, -0.25) is 0 Å². The maximum Gasteiger partial charge on any atom is 0.129 e. The van der Waals surface area contributed by atoms with Gasteiger partial charge in [0.05, 0.1) is 9.79 Å². The van der Waals surface area contributed by atoms with Crippen molar-refractivity contribution in [3.05, 3.63) is 46.5 Å². The second-order valence-corrected chi connectivity index (χ2v) is 5.99. The molecule has 2 aromatic carbocycles. The van der Waals surface area contributed by atoms with Crippen molar-refractivity contribution in [1.29, 1.82) is 0 Å². The highest BCUT2D eigenvalue weighted by atomic mass is 32.2. The quantitative estimate of drug-likeness (QED) is 0.848. The van der Waals surface area contributed by atoms with Crippen molar-refractivity contribution in [3.63, 3.8) is 0 Å². The van der Waals surface area contributed by atoms with Gasteiger partial charge in [-0.05, 0) is 74.2 Å². The van der Waals surface area contributed by atoms with Gasteiger partial charge < -0.3 is 10.2 Å². The molecule has 2 aromatic rings. The Morgan fingerprint density at radius 3 is 1.32 bits per heavy atom. The van der Waals surface area contributed by atoms with Crippen molar-refractivity contribution >= 4 is 11.8 Å². The van der Waals surface area contributed by atoms with E-state index in [1.54, 1.807) is 12.1 Å². The second-order valence-electron chi connectivity index (χ2n) is 4.91. The van der Waals surface area contributed by atoms with Crippen LogP contribution in [0.15, 0.2) is 34.1 Å². The van der Waals surface area contributed by atoms with Gasteiger partial charge in [0.15, 0.2) is 0 Å². The average molecular weight is 274 g/mol. The first kappa shape index (κ1) is 13.8. The number of aromatic hydroxyl groups is 2. The van der Waals surface area contributed by atoms with E-state index in [0.717, 1.165) is 32.0 Å². The Kier molecular flexibility index (Phi) is 3.76. The summed E-state index contributed by atoms with van der Waals surface area (Å²) in [5.74, 6) is 0.511. The highest BCUT2D eigenvalue weighted by Crippen LogP contribution is 2.40. The van der Waals surface area contributed by atoms with Crippen molar-refractivity contribution in [2.75, 3.05) is 0 Å². The zero-order valence-electron chi connectivity index (χ0n) is 11.6. The fraction of sp³-hybridized carbons (Fsp3) is 0.250. The van der Waals surface area contributed by atoms with Crippen molar-refractivity contribution in [2.24, 2.45) is 0 Å². The van der Waals surface area contributed by atoms with Crippen LogP contribution in [-0.2, 0) is 0 Å². The van der Waals surface area contributed by atoms with Crippen molar-refractivity contribution < 1.29 is 10.2 Å². The van der Waals surface area contributed by atoms with Gasteiger partial charge >= 0.3 is 0 Å². The second kappa shape index (κ2) is 5.17. The summed E-state index contributed by atoms with van der Waals surface area (Å²) in [6.07, 6.45) is 0. The van der Waals surface area contributed by atoms with Crippen LogP contribution >= 0.6 is 11.8 Å². The highest BCUT2D eigenvalue weighted by Gasteiger charge is 2.10. The Bertz CT molecular complexity index is 578. The molecule has 0 atom stereocenters. The van der Waals surface area contributed by atoms with E-state index in [1.807, 2.05) is 39.8 Å². The molecule has 0 spiro atoms. The number of phenolic OH excluding ortho intramolecular Hbond substituents is 2. The standard InChI is InChI=1S/C16H18O2S/c1-9-5-13(17)15(7-11(9)3)19-16-8-12(4)10(2)6-14(16)18/h5-8,17-18H,1-4H3. The average Bonchev–Trinajstić information content (AvgIpc) is 2.32. The lowest BCUT2D eigenvalue weighted by Gasteiger charge is -2.11. The third-order valence-electron chi connectivity index (χ3n) is 3.37. The number of aryl methyl sites for hydroxylation is 4. The molecular weight excluding hydrogens is 256 g/mol. The topological polar surface area (TPSA) is 40.5 Å². The summed E-state index contributed by atoms with van der Waals surface area (Å²) in [6, 6.07) is 7.42. The molecule has 0 aromatic heterocycles. The van der Waals surface area contributed by atoms with Crippen LogP contribution in [0.1, 0.15) is 22.3 Å². The minimum absolute atomic E-state index is 0.255. The number of hydrogen-bond donors (Lipinski definition) is 2. The molecule has 0 fully saturated rings. The summed E-state index contributed by atoms with van der Waals surface area (Å²) >= 11 is 1.39. The molecule has 0 radical (unpaired) electrons. The van der Waals surface area contributed by atoms with Crippen LogP contribution in [0.4, 0.5) is 0 Å². The predicted molar refractivity (Wildman–Crippen MR) is 79.3 cm³/mol. The number of benzene rings is 2. The Labute approximate surface area is 118 Å². The molecule has 0 unspecified atom stereocenters. The lowest BCUT2D eigenvalue weighted by molar-refractivity contribution is 0.459. The maximum absolute atomic E-state index is 9.99. The van der Waals surface area contributed by atoms with E-state index < -0.39 is 0 Å². The van der Waals surface area contributed by atoms with E-state index in [9.17, 15) is 10.2 Å². The minimum Gasteiger partial charge on any atom is -0.507 e. The van der Waals surface area contributed by atoms with Crippen LogP contribution in [0.3, 0.4) is 0 Å². The molecule has 0 aliphatic rings. The van der Waals surface area contributed by atoms with Gasteiger partial charge in [-0.2, -0.15) is 0 Å². The molecule has 0 saturated heterocycles. The fourth-order valence-corrected chi connectivity index (χ4v) is 2.87. The molecule has 0 bridgehead atoms. The molecule has 0 aliphatic carbocycles. The lowest BCUT2D eigenvalue weighted by Crippen LogP contribution is -1.86. The molecule has 2 nitrogen and oxygen atoms in total. The molecule has 3 heteroatoms. The van der Waals surface area contributed by atoms with E-state index in [2.05, 4.69) is 0 Å². The van der Waals surface area contributed by atoms with Crippen molar-refractivity contribution in [1.82, 2.24) is 0 Å². The van der Waals surface area contributed by atoms with Gasteiger partial charge in [-0.1, -0.05) is 11.8 Å². The van der Waals surface area contributed by atoms with Crippen LogP contribution < -0.4 is 0 Å². The summed E-state index contributed by atoms with van der Waals surface area (Å²) in [4.78, 5) is 1.53. The van der Waals surface area contributed by atoms with Crippen LogP contribution in [-0.4, -0.2) is 10.2 Å². The monoisotopic (exact) mass is 274 g/mol. The van der Waals surface area contributed by atoms with Crippen LogP contribution in [0, 0.1) is 27.7 Å². The van der Waals surface area contributed by atoms with Crippen LogP contribution in [0.25, 0.3) is 0 Å². The van der Waals surface area contributed by atoms with Crippen LogP contribution in [0.2, 0.25) is 0 Å². The van der Waals surface area contributed by atoms with Crippen LogP contribution in [0.5, 0.6) is 11.5 Å². The van der Waals surface area contributed by atoms with Gasteiger partial charge in [-0.25, -0.2) is 0 Å². The maximum atomic E-state index is 9.99. The molecule has 100 valence electrons. The van der Waals surface area contributed by atoms with E-state index in [4.69, 9.17) is 0 Å². The Hall–Kier alpha value is -1.61. The molecule has 0 saturated carbocycles. The third-order valence-corrected chi connectivity index (χ3v) is 4.46. The van der Waals surface area contributed by atoms with E-state index in [0.29, 0.717) is 0 Å². The summed E-state index contributed by atoms with van der Waals surface area (Å²) in [6.45, 7) is 7.96. The van der Waals surface area contributed by atoms with Gasteiger partial charge in [-0.15, -0.1) is 0 Å². The minimum atomic E-state index is 0.255. The smallest absolute Gasteiger partial charge is 0.129 e. The molecule has 2 N–H and O–H groups in total. The van der Waals surface area contributed by atoms with Crippen molar-refractivity contribution in [2.45, 2.75) is 37.5 Å². The van der Waals surface area contributed by atoms with Gasteiger partial charge in [0.25, 0.3) is 0 Å². The van der Waals surface area contributed by atoms with Gasteiger partial charge in [0.1, 0.15) is 11.5 Å². The molecule has 0 amide bonds. The highest BCUT2D eigenvalue weighted by molar-refractivity contribution is 7.99. The zero-order valence-corrected chi connectivity index (χ0v) is 12.4. The number of phenols is 2. The first-order chi connectivity index (χ1) is 8.88. The Balaban J connectivity index is 2.42. The molecule has 0 heterocycles. The lowest BCUT2D eigenvalue weighted by atomic mass is 10.1. The Morgan fingerprint density at radius 2 is 0.947 bits per heavy atom. The van der Waals surface area contributed by atoms with Crippen molar-refractivity contribution in [3.8, 4) is 11.5 Å². The Morgan fingerprint density at radius 1 is 0.632 bits per heavy atom. The normalized spacial score (nSPS) is 10.7. The summed E-state index contributed by atoms with van der Waals surface area (Å²) in [5.41, 5.74) is 4.38. The van der Waals surface area contributed by atoms with Gasteiger partial charge in [0, 0.05) is 0 Å². The summed E-state index contributed by atoms with van der Waals surface area (Å²) in [7, 11) is 0. The molecule has 19 heavy (non-hydrogen) atoms. The van der Waals surface area contributed by atoms with Gasteiger partial charge in [0.2, 0.25) is 0 Å². The van der Waals surface area contributed by atoms with E-state index in [-0.39, 0.29) is 11.5 Å². The zero-order chi connectivity index (χ0) is 14.2. The number of hydrogen-bond acceptors (Lipinski definition) is 3.